The summed E-state index contributed by atoms with van der Waals surface area (Å²) in [6, 6.07) is 17.7. The first-order chi connectivity index (χ1) is 11.7. The lowest BCUT2D eigenvalue weighted by Crippen LogP contribution is -2.13. The minimum Gasteiger partial charge on any atom is -0.399 e. The highest BCUT2D eigenvalue weighted by Crippen LogP contribution is 2.37. The predicted molar refractivity (Wildman–Crippen MR) is 104 cm³/mol. The molecule has 3 rings (SSSR count). The number of rotatable bonds is 6. The molecule has 0 unspecified atom stereocenters. The van der Waals surface area contributed by atoms with Gasteiger partial charge in [-0.15, -0.1) is 0 Å². The second-order valence-corrected chi connectivity index (χ2v) is 7.49. The van der Waals surface area contributed by atoms with Crippen LogP contribution in [0.3, 0.4) is 0 Å². The molecular formula is C23H31N. The molecule has 0 atom stereocenters. The van der Waals surface area contributed by atoms with Crippen LogP contribution in [0, 0.1) is 5.92 Å². The molecule has 2 aromatic carbocycles. The minimum absolute atomic E-state index is 0.796. The average molecular weight is 322 g/mol. The Kier molecular flexibility index (Phi) is 5.96. The molecule has 0 aromatic heterocycles. The van der Waals surface area contributed by atoms with Gasteiger partial charge in [0.25, 0.3) is 0 Å². The number of nitrogen functional groups attached to an aromatic ring is 1. The summed E-state index contributed by atoms with van der Waals surface area (Å²) in [4.78, 5) is 0. The molecule has 0 spiro atoms. The van der Waals surface area contributed by atoms with Crippen molar-refractivity contribution in [2.24, 2.45) is 5.92 Å². The van der Waals surface area contributed by atoms with Crippen molar-refractivity contribution in [3.05, 3.63) is 65.2 Å². The molecule has 1 saturated carbocycles. The molecule has 128 valence electrons. The highest BCUT2D eigenvalue weighted by atomic mass is 14.5. The van der Waals surface area contributed by atoms with Crippen LogP contribution in [0.15, 0.2) is 48.5 Å². The maximum absolute atomic E-state index is 5.75. The van der Waals surface area contributed by atoms with Gasteiger partial charge in [0.15, 0.2) is 0 Å². The van der Waals surface area contributed by atoms with Gasteiger partial charge in [-0.2, -0.15) is 0 Å². The normalized spacial score (nSPS) is 20.9. The second kappa shape index (κ2) is 8.37. The highest BCUT2D eigenvalue weighted by Gasteiger charge is 2.21. The van der Waals surface area contributed by atoms with E-state index in [4.69, 9.17) is 5.73 Å². The van der Waals surface area contributed by atoms with Gasteiger partial charge >= 0.3 is 0 Å². The lowest BCUT2D eigenvalue weighted by atomic mass is 9.77. The Morgan fingerprint density at radius 2 is 1.33 bits per heavy atom. The Labute approximate surface area is 147 Å². The first-order valence-corrected chi connectivity index (χ1v) is 9.68. The third-order valence-electron chi connectivity index (χ3n) is 5.68. The molecule has 0 amide bonds. The Bertz CT molecular complexity index is 603. The van der Waals surface area contributed by atoms with Crippen molar-refractivity contribution in [3.63, 3.8) is 0 Å². The van der Waals surface area contributed by atoms with Crippen molar-refractivity contribution in [2.45, 2.75) is 64.2 Å². The summed E-state index contributed by atoms with van der Waals surface area (Å²) in [5.41, 5.74) is 11.0. The van der Waals surface area contributed by atoms with Gasteiger partial charge in [-0.1, -0.05) is 56.2 Å². The first-order valence-electron chi connectivity index (χ1n) is 9.68. The largest absolute Gasteiger partial charge is 0.399 e. The molecule has 1 nitrogen and oxygen atoms in total. The standard InChI is InChI=1S/C23H31N/c1-2-3-18-6-12-21(13-7-18)22-14-8-19(9-15-22)4-5-20-10-16-23(24)17-11-20/h8-11,14-18,21H,2-7,12-13,24H2,1H3/t18-,21-. The quantitative estimate of drug-likeness (QED) is 0.636. The van der Waals surface area contributed by atoms with Crippen LogP contribution in [0.2, 0.25) is 0 Å². The molecular weight excluding hydrogens is 290 g/mol. The molecule has 0 heterocycles. The average Bonchev–Trinajstić information content (AvgIpc) is 2.63. The van der Waals surface area contributed by atoms with E-state index in [9.17, 15) is 0 Å². The molecule has 0 radical (unpaired) electrons. The van der Waals surface area contributed by atoms with Crippen LogP contribution < -0.4 is 5.73 Å². The fourth-order valence-corrected chi connectivity index (χ4v) is 4.12. The maximum Gasteiger partial charge on any atom is 0.0314 e. The Morgan fingerprint density at radius 1 is 0.792 bits per heavy atom. The van der Waals surface area contributed by atoms with Gasteiger partial charge in [-0.3, -0.25) is 0 Å². The Balaban J connectivity index is 1.51. The van der Waals surface area contributed by atoms with Crippen LogP contribution in [-0.2, 0) is 12.8 Å². The summed E-state index contributed by atoms with van der Waals surface area (Å²) in [6.45, 7) is 2.31. The van der Waals surface area contributed by atoms with Gasteiger partial charge in [0, 0.05) is 5.69 Å². The molecule has 0 bridgehead atoms. The zero-order chi connectivity index (χ0) is 16.8. The zero-order valence-corrected chi connectivity index (χ0v) is 15.0. The van der Waals surface area contributed by atoms with E-state index in [0.717, 1.165) is 30.4 Å². The second-order valence-electron chi connectivity index (χ2n) is 7.49. The third-order valence-corrected chi connectivity index (χ3v) is 5.68. The monoisotopic (exact) mass is 321 g/mol. The van der Waals surface area contributed by atoms with Gasteiger partial charge in [-0.05, 0) is 79.2 Å². The number of hydrogen-bond donors (Lipinski definition) is 1. The lowest BCUT2D eigenvalue weighted by molar-refractivity contribution is 0.308. The fourth-order valence-electron chi connectivity index (χ4n) is 4.12. The SMILES string of the molecule is CCC[C@H]1CC[C@H](c2ccc(CCc3ccc(N)cc3)cc2)CC1. The van der Waals surface area contributed by atoms with Crippen LogP contribution in [0.1, 0.15) is 68.1 Å². The number of aryl methyl sites for hydroxylation is 2. The zero-order valence-electron chi connectivity index (χ0n) is 15.0. The van der Waals surface area contributed by atoms with Crippen LogP contribution in [0.25, 0.3) is 0 Å². The van der Waals surface area contributed by atoms with Gasteiger partial charge in [0.1, 0.15) is 0 Å². The number of hydrogen-bond acceptors (Lipinski definition) is 1. The highest BCUT2D eigenvalue weighted by molar-refractivity contribution is 5.39. The van der Waals surface area contributed by atoms with Gasteiger partial charge in [0.05, 0.1) is 0 Å². The first kappa shape index (κ1) is 17.1. The van der Waals surface area contributed by atoms with E-state index in [2.05, 4.69) is 43.3 Å². The summed E-state index contributed by atoms with van der Waals surface area (Å²) in [7, 11) is 0. The molecule has 24 heavy (non-hydrogen) atoms. The van der Waals surface area contributed by atoms with Crippen LogP contribution in [0.4, 0.5) is 5.69 Å². The maximum atomic E-state index is 5.75. The Hall–Kier alpha value is -1.76. The summed E-state index contributed by atoms with van der Waals surface area (Å²) in [5, 5.41) is 0. The summed E-state index contributed by atoms with van der Waals surface area (Å²) >= 11 is 0. The van der Waals surface area contributed by atoms with Crippen molar-refractivity contribution < 1.29 is 0 Å². The smallest absolute Gasteiger partial charge is 0.0314 e. The van der Waals surface area contributed by atoms with Gasteiger partial charge in [0.2, 0.25) is 0 Å². The van der Waals surface area contributed by atoms with Crippen molar-refractivity contribution in [2.75, 3.05) is 5.73 Å². The van der Waals surface area contributed by atoms with E-state index in [0.29, 0.717) is 0 Å². The van der Waals surface area contributed by atoms with Crippen molar-refractivity contribution in [1.29, 1.82) is 0 Å². The van der Waals surface area contributed by atoms with Gasteiger partial charge in [-0.25, -0.2) is 0 Å². The molecule has 1 aliphatic carbocycles. The topological polar surface area (TPSA) is 26.0 Å². The van der Waals surface area contributed by atoms with E-state index in [1.165, 1.54) is 49.7 Å². The summed E-state index contributed by atoms with van der Waals surface area (Å²) < 4.78 is 0. The van der Waals surface area contributed by atoms with Crippen molar-refractivity contribution >= 4 is 5.69 Å². The summed E-state index contributed by atoms with van der Waals surface area (Å²) in [5.74, 6) is 1.79. The van der Waals surface area contributed by atoms with Crippen molar-refractivity contribution in [1.82, 2.24) is 0 Å². The van der Waals surface area contributed by atoms with E-state index in [1.54, 1.807) is 5.56 Å². The van der Waals surface area contributed by atoms with E-state index >= 15 is 0 Å². The van der Waals surface area contributed by atoms with Crippen LogP contribution >= 0.6 is 0 Å². The number of anilines is 1. The molecule has 0 saturated heterocycles. The molecule has 0 aliphatic heterocycles. The molecule has 2 aromatic rings. The van der Waals surface area contributed by atoms with E-state index in [1.807, 2.05) is 12.1 Å². The number of benzene rings is 2. The molecule has 2 N–H and O–H groups in total. The molecule has 1 heteroatoms. The number of nitrogens with two attached hydrogens (primary N) is 1. The predicted octanol–water partition coefficient (Wildman–Crippen LogP) is 6.13. The molecule has 1 aliphatic rings. The molecule has 1 fully saturated rings. The van der Waals surface area contributed by atoms with E-state index < -0.39 is 0 Å². The summed E-state index contributed by atoms with van der Waals surface area (Å²) in [6.07, 6.45) is 10.6. The van der Waals surface area contributed by atoms with Gasteiger partial charge < -0.3 is 5.73 Å². The van der Waals surface area contributed by atoms with Crippen molar-refractivity contribution in [3.8, 4) is 0 Å². The van der Waals surface area contributed by atoms with Crippen LogP contribution in [-0.4, -0.2) is 0 Å². The minimum atomic E-state index is 0.796. The fraction of sp³-hybridized carbons (Fsp3) is 0.478. The van der Waals surface area contributed by atoms with Crippen LogP contribution in [0.5, 0.6) is 0 Å². The Morgan fingerprint density at radius 3 is 1.88 bits per heavy atom. The van der Waals surface area contributed by atoms with E-state index in [-0.39, 0.29) is 0 Å². The third kappa shape index (κ3) is 4.63. The lowest BCUT2D eigenvalue weighted by Gasteiger charge is -2.28.